The molecule has 6 aromatic heterocycles. The summed E-state index contributed by atoms with van der Waals surface area (Å²) in [5, 5.41) is 48.4. The van der Waals surface area contributed by atoms with Gasteiger partial charge in [-0.15, -0.1) is 11.3 Å². The number of carbonyl (C=O) groups is 4. The highest BCUT2D eigenvalue weighted by molar-refractivity contribution is 7.09. The highest BCUT2D eigenvalue weighted by atomic mass is 32.1. The van der Waals surface area contributed by atoms with E-state index in [4.69, 9.17) is 22.9 Å². The Hall–Kier alpha value is -14.3. The van der Waals surface area contributed by atoms with E-state index in [1.807, 2.05) is 203 Å². The zero-order chi connectivity index (χ0) is 97.3. The number of halogens is 1. The smallest absolute Gasteiger partial charge is 0.274 e. The molecule has 4 unspecified atom stereocenters. The summed E-state index contributed by atoms with van der Waals surface area (Å²) < 4.78 is 23.2. The van der Waals surface area contributed by atoms with Gasteiger partial charge in [0.1, 0.15) is 33.6 Å². The van der Waals surface area contributed by atoms with Crippen LogP contribution in [0.15, 0.2) is 284 Å². The second kappa shape index (κ2) is 45.5. The molecule has 26 nitrogen and oxygen atoms in total. The number of allylic oxidation sites excluding steroid dienone is 4. The predicted octanol–water partition coefficient (Wildman–Crippen LogP) is 19.6. The molecule has 9 aromatic carbocycles. The van der Waals surface area contributed by atoms with E-state index >= 15 is 0 Å². The largest absolute Gasteiger partial charge is 0.326 e. The molecule has 0 bridgehead atoms. The number of nitrogens with zero attached hydrogens (tertiary/aromatic N) is 11. The van der Waals surface area contributed by atoms with Crippen LogP contribution in [0.4, 0.5) is 27.1 Å². The van der Waals surface area contributed by atoms with Gasteiger partial charge in [-0.1, -0.05) is 152 Å². The van der Waals surface area contributed by atoms with Gasteiger partial charge in [0.25, 0.3) is 23.6 Å². The summed E-state index contributed by atoms with van der Waals surface area (Å²) in [7, 11) is 1.92. The van der Waals surface area contributed by atoms with Gasteiger partial charge in [-0.3, -0.25) is 23.9 Å². The van der Waals surface area contributed by atoms with Gasteiger partial charge in [0, 0.05) is 79.5 Å². The zero-order valence-corrected chi connectivity index (χ0v) is 80.9. The maximum Gasteiger partial charge on any atom is 0.274 e. The molecule has 4 atom stereocenters. The van der Waals surface area contributed by atoms with Gasteiger partial charge in [0.15, 0.2) is 0 Å². The predicted molar refractivity (Wildman–Crippen MR) is 553 cm³/mol. The topological polar surface area (TPSA) is 359 Å². The van der Waals surface area contributed by atoms with Crippen LogP contribution in [-0.2, 0) is 33.2 Å². The first-order valence-corrected chi connectivity index (χ1v) is 49.3. The number of aryl methyl sites for hydroxylation is 6. The quantitative estimate of drug-likeness (QED) is 0.0174. The Morgan fingerprint density at radius 2 is 0.807 bits per heavy atom. The summed E-state index contributed by atoms with van der Waals surface area (Å²) in [6.45, 7) is 14.1. The van der Waals surface area contributed by atoms with E-state index in [1.54, 1.807) is 66.6 Å². The molecule has 0 saturated heterocycles. The summed E-state index contributed by atoms with van der Waals surface area (Å²) in [6, 6.07) is 75.7. The fraction of sp³-hybridized carbons (Fsp3) is 0.286. The lowest BCUT2D eigenvalue weighted by atomic mass is 9.86. The maximum atomic E-state index is 14.8. The van der Waals surface area contributed by atoms with E-state index in [0.717, 1.165) is 151 Å². The van der Waals surface area contributed by atoms with E-state index in [2.05, 4.69) is 147 Å². The van der Waals surface area contributed by atoms with Crippen LogP contribution in [-0.4, -0.2) is 97.1 Å². The third-order valence-electron chi connectivity index (χ3n) is 25.7. The lowest BCUT2D eigenvalue weighted by molar-refractivity contribution is 0.101. The Morgan fingerprint density at radius 3 is 1.19 bits per heavy atom. The Bertz CT molecular complexity index is 6920. The second-order valence-corrected chi connectivity index (χ2v) is 38.2. The Kier molecular flexibility index (Phi) is 31.6. The number of aromatic nitrogens is 11. The summed E-state index contributed by atoms with van der Waals surface area (Å²) in [5.41, 5.74) is 46.7. The molecule has 140 heavy (non-hydrogen) atoms. The van der Waals surface area contributed by atoms with Gasteiger partial charge in [-0.25, -0.2) is 28.1 Å². The van der Waals surface area contributed by atoms with Gasteiger partial charge in [-0.05, 0) is 313 Å². The molecule has 0 spiro atoms. The molecule has 0 aliphatic heterocycles. The lowest BCUT2D eigenvalue weighted by Crippen LogP contribution is -2.25. The monoisotopic (exact) mass is 1890 g/mol. The van der Waals surface area contributed by atoms with Crippen LogP contribution in [0.1, 0.15) is 226 Å². The molecule has 718 valence electrons. The van der Waals surface area contributed by atoms with E-state index in [-0.39, 0.29) is 41.5 Å². The van der Waals surface area contributed by atoms with E-state index in [1.165, 1.54) is 86.1 Å². The first kappa shape index (κ1) is 97.3. The van der Waals surface area contributed by atoms with Gasteiger partial charge in [-0.2, -0.15) is 25.5 Å². The zero-order valence-electron chi connectivity index (χ0n) is 80.1. The number of hydrogen-bond donors (Lipinski definition) is 11. The molecule has 15 N–H and O–H groups in total. The number of anilines is 4. The highest BCUT2D eigenvalue weighted by Crippen LogP contribution is 2.42. The Labute approximate surface area is 820 Å². The van der Waals surface area contributed by atoms with Crippen molar-refractivity contribution < 1.29 is 23.6 Å². The summed E-state index contributed by atoms with van der Waals surface area (Å²) >= 11 is 1.55. The molecular weight excluding hydrogens is 1770 g/mol. The number of nitrogens with two attached hydrogens (primary N) is 4. The van der Waals surface area contributed by atoms with Crippen molar-refractivity contribution >= 4 is 57.7 Å². The third kappa shape index (κ3) is 25.6. The molecule has 4 saturated carbocycles. The van der Waals surface area contributed by atoms with Crippen molar-refractivity contribution in [3.63, 3.8) is 0 Å². The number of rotatable bonds is 36. The number of thiazole rings is 1. The van der Waals surface area contributed by atoms with Crippen LogP contribution in [0.25, 0.3) is 22.7 Å². The van der Waals surface area contributed by atoms with Crippen LogP contribution in [0.3, 0.4) is 0 Å². The van der Waals surface area contributed by atoms with Crippen molar-refractivity contribution in [1.29, 1.82) is 0 Å². The van der Waals surface area contributed by atoms with Crippen molar-refractivity contribution in [2.24, 2.45) is 53.7 Å². The first-order valence-electron chi connectivity index (χ1n) is 48.4. The van der Waals surface area contributed by atoms with Gasteiger partial charge in [0.2, 0.25) is 0 Å². The third-order valence-corrected chi connectivity index (χ3v) is 26.6. The molecule has 15 aromatic rings. The number of hydrogen-bond acceptors (Lipinski definition) is 18. The van der Waals surface area contributed by atoms with Crippen LogP contribution in [0, 0.1) is 64.1 Å². The second-order valence-electron chi connectivity index (χ2n) is 37.3. The van der Waals surface area contributed by atoms with Crippen molar-refractivity contribution in [1.82, 2.24) is 69.8 Å². The fourth-order valence-corrected chi connectivity index (χ4v) is 18.4. The molecular formula is C112H123FN22O4S. The van der Waals surface area contributed by atoms with Crippen LogP contribution >= 0.6 is 11.3 Å². The standard InChI is InChI=1S/C30H33N5O.C29H32N4O.C27H31N7O.C26H27FN6OS/c1-20-6-3-8-24(14-20)29(32-19-22-12-13-22)25-9-5-10-26(17-25)33-30(36)28-15-21(2)34-35(28)27-11-4-7-23(16-27)18-31;1-20-16-28(33(32-20)26-11-4-6-22(17-26)19-30)29(34)31-25-10-5-9-24(18-25)27(15-14-21-12-13-21)23-7-2-3-8-23;1-18-11-25(34(32-18)24-8-3-5-20(12-24)14-28)27(35)31-23-7-4-6-21(13-23)26(29-15-19-9-10-19)22-16-30-33(2)17-22;1-16-11-23(33(32-16)20-4-2-3-18(12-20)14-28)25(34)31-22-13-19(7-8-21(22)27)24(26-29-9-10-35-26)30-15-17-5-6-17/h3-11,14-17,22,29,32H,12-13,18-19,31H2,1-2H3,(H,33,36);2,4-11,16-18,21,27H,3,12-15,19,30H2,1H3,(H,31,34);3-8,11-13,16-17,19,26,29H,9-10,14-15,28H2,1-2H3,(H,31,35);2-4,7-13,17,24,30H,5-6,14-15,28H2,1H3,(H,31,34). The minimum absolute atomic E-state index is 0.00734. The molecule has 4 fully saturated rings. The van der Waals surface area contributed by atoms with Gasteiger partial charge in [0.05, 0.1) is 75.5 Å². The van der Waals surface area contributed by atoms with Crippen molar-refractivity contribution in [2.45, 2.75) is 155 Å². The van der Waals surface area contributed by atoms with Crippen molar-refractivity contribution in [3.05, 3.63) is 402 Å². The summed E-state index contributed by atoms with van der Waals surface area (Å²) in [6.07, 6.45) is 26.3. The van der Waals surface area contributed by atoms with E-state index < -0.39 is 11.7 Å². The van der Waals surface area contributed by atoms with E-state index in [9.17, 15) is 23.6 Å². The first-order chi connectivity index (χ1) is 68.1. The SMILES string of the molecule is Cc1cc(C(=O)Nc2cc(C(NCC3CC3)c3nccs3)ccc2F)n(-c2cccc(CN)c2)n1.Cc1cc(C(=O)Nc2cccc(C(CCC3CC3)C3=CCC=C3)c2)n(-c2cccc(CN)c2)n1.Cc1cc(C(=O)Nc2cccc(C(NCC3CC3)c3cnn(C)c3)c2)n(-c2cccc(CN)c2)n1.Cc1cccc(C(NCC2CC2)c2cccc(NC(=O)c3cc(C)nn3-c3cccc(CN)c3)c2)c1. The average molecular weight is 1890 g/mol. The molecule has 5 aliphatic carbocycles. The van der Waals surface area contributed by atoms with Crippen LogP contribution in [0.5, 0.6) is 0 Å². The summed E-state index contributed by atoms with van der Waals surface area (Å²) in [4.78, 5) is 57.8. The van der Waals surface area contributed by atoms with E-state index in [0.29, 0.717) is 72.2 Å². The van der Waals surface area contributed by atoms with Crippen molar-refractivity contribution in [2.75, 3.05) is 40.9 Å². The van der Waals surface area contributed by atoms with Crippen LogP contribution < -0.4 is 60.2 Å². The molecule has 6 heterocycles. The number of nitrogens with one attached hydrogen (secondary N) is 7. The average Bonchev–Trinajstić information content (AvgIpc) is 1.61. The maximum absolute atomic E-state index is 14.8. The highest BCUT2D eigenvalue weighted by Gasteiger charge is 2.32. The number of benzene rings is 9. The molecule has 28 heteroatoms. The number of carbonyl (C=O) groups excluding carboxylic acids is 4. The molecule has 4 amide bonds. The molecule has 5 aliphatic rings. The molecule has 0 radical (unpaired) electrons. The van der Waals surface area contributed by atoms with Crippen molar-refractivity contribution in [3.8, 4) is 22.7 Å². The Balaban J connectivity index is 0.000000129. The lowest BCUT2D eigenvalue weighted by Gasteiger charge is -2.21. The molecule has 20 rings (SSSR count). The van der Waals surface area contributed by atoms with Gasteiger partial charge < -0.3 is 60.2 Å². The normalized spacial score (nSPS) is 14.5. The fourth-order valence-electron chi connectivity index (χ4n) is 17.6. The Morgan fingerprint density at radius 1 is 0.421 bits per heavy atom. The summed E-state index contributed by atoms with van der Waals surface area (Å²) in [5.74, 6) is 1.92. The van der Waals surface area contributed by atoms with Gasteiger partial charge >= 0.3 is 0 Å². The minimum atomic E-state index is -0.505. The van der Waals surface area contributed by atoms with Crippen LogP contribution in [0.2, 0.25) is 0 Å². The minimum Gasteiger partial charge on any atom is -0.326 e. The number of amides is 4.